The molecule has 1 aliphatic heterocycles. The Hall–Kier alpha value is -2.54. The second kappa shape index (κ2) is 6.64. The topological polar surface area (TPSA) is 75.7 Å². The van der Waals surface area contributed by atoms with Gasteiger partial charge in [-0.1, -0.05) is 26.0 Å². The zero-order valence-corrected chi connectivity index (χ0v) is 16.1. The van der Waals surface area contributed by atoms with E-state index in [1.807, 2.05) is 13.8 Å². The van der Waals surface area contributed by atoms with Gasteiger partial charge in [-0.3, -0.25) is 9.10 Å². The highest BCUT2D eigenvalue weighted by Gasteiger charge is 2.34. The second-order valence-corrected chi connectivity index (χ2v) is 8.42. The number of nitrogens with one attached hydrogen (secondary N) is 1. The number of hydrogen-bond donors (Lipinski definition) is 1. The Bertz CT molecular complexity index is 967. The molecule has 0 unspecified atom stereocenters. The molecule has 138 valence electrons. The minimum atomic E-state index is -3.90. The molecule has 3 rings (SSSR count). The fraction of sp³-hybridized carbons (Fsp3) is 0.316. The summed E-state index contributed by atoms with van der Waals surface area (Å²) in [5.41, 5.74) is 2.34. The van der Waals surface area contributed by atoms with Crippen LogP contribution in [0, 0.1) is 6.92 Å². The summed E-state index contributed by atoms with van der Waals surface area (Å²) in [5, 5.41) is 2.71. The second-order valence-electron chi connectivity index (χ2n) is 6.59. The molecular formula is C19H22N2O4S. The molecule has 0 saturated carbocycles. The van der Waals surface area contributed by atoms with Crippen molar-refractivity contribution in [1.29, 1.82) is 0 Å². The third kappa shape index (κ3) is 3.03. The van der Waals surface area contributed by atoms with E-state index >= 15 is 0 Å². The van der Waals surface area contributed by atoms with Crippen molar-refractivity contribution in [2.24, 2.45) is 0 Å². The maximum Gasteiger partial charge on any atom is 0.265 e. The quantitative estimate of drug-likeness (QED) is 0.891. The van der Waals surface area contributed by atoms with Crippen molar-refractivity contribution in [3.63, 3.8) is 0 Å². The monoisotopic (exact) mass is 374 g/mol. The van der Waals surface area contributed by atoms with Crippen LogP contribution in [0.15, 0.2) is 41.3 Å². The van der Waals surface area contributed by atoms with E-state index in [2.05, 4.69) is 5.32 Å². The van der Waals surface area contributed by atoms with E-state index in [0.29, 0.717) is 22.7 Å². The lowest BCUT2D eigenvalue weighted by atomic mass is 10.0. The van der Waals surface area contributed by atoms with Gasteiger partial charge >= 0.3 is 0 Å². The highest BCUT2D eigenvalue weighted by molar-refractivity contribution is 7.93. The van der Waals surface area contributed by atoms with E-state index in [1.54, 1.807) is 50.4 Å². The molecule has 2 aromatic carbocycles. The Morgan fingerprint density at radius 1 is 1.19 bits per heavy atom. The van der Waals surface area contributed by atoms with E-state index in [-0.39, 0.29) is 23.3 Å². The van der Waals surface area contributed by atoms with Gasteiger partial charge in [-0.05, 0) is 48.2 Å². The van der Waals surface area contributed by atoms with Gasteiger partial charge in [0.15, 0.2) is 0 Å². The van der Waals surface area contributed by atoms with Gasteiger partial charge in [0, 0.05) is 0 Å². The largest absolute Gasteiger partial charge is 0.496 e. The van der Waals surface area contributed by atoms with Crippen LogP contribution in [0.2, 0.25) is 0 Å². The minimum Gasteiger partial charge on any atom is -0.496 e. The van der Waals surface area contributed by atoms with Crippen LogP contribution in [-0.4, -0.2) is 28.0 Å². The Morgan fingerprint density at radius 3 is 2.54 bits per heavy atom. The van der Waals surface area contributed by atoms with Crippen LogP contribution in [-0.2, 0) is 14.8 Å². The SMILES string of the molecule is COc1cc(C)c(S(=O)(=O)N2CC(=O)Nc3ccccc32)cc1C(C)C. The number of para-hydroxylation sites is 2. The Labute approximate surface area is 153 Å². The lowest BCUT2D eigenvalue weighted by Gasteiger charge is -2.31. The highest BCUT2D eigenvalue weighted by Crippen LogP contribution is 2.37. The molecule has 1 amide bonds. The molecule has 1 N–H and O–H groups in total. The van der Waals surface area contributed by atoms with Crippen molar-refractivity contribution in [2.75, 3.05) is 23.3 Å². The number of rotatable bonds is 4. The summed E-state index contributed by atoms with van der Waals surface area (Å²) in [6.07, 6.45) is 0. The van der Waals surface area contributed by atoms with Gasteiger partial charge in [-0.2, -0.15) is 0 Å². The molecule has 0 spiro atoms. The van der Waals surface area contributed by atoms with Crippen molar-refractivity contribution in [3.05, 3.63) is 47.5 Å². The molecule has 0 aromatic heterocycles. The molecule has 1 heterocycles. The van der Waals surface area contributed by atoms with Crippen LogP contribution in [0.4, 0.5) is 11.4 Å². The van der Waals surface area contributed by atoms with Crippen molar-refractivity contribution in [3.8, 4) is 5.75 Å². The van der Waals surface area contributed by atoms with Gasteiger partial charge in [-0.15, -0.1) is 0 Å². The third-order valence-electron chi connectivity index (χ3n) is 4.45. The molecule has 2 aromatic rings. The predicted octanol–water partition coefficient (Wildman–Crippen LogP) is 3.27. The summed E-state index contributed by atoms with van der Waals surface area (Å²) in [7, 11) is -2.33. The Morgan fingerprint density at radius 2 is 1.88 bits per heavy atom. The molecular weight excluding hydrogens is 352 g/mol. The predicted molar refractivity (Wildman–Crippen MR) is 101 cm³/mol. The van der Waals surface area contributed by atoms with Crippen LogP contribution in [0.1, 0.15) is 30.9 Å². The number of methoxy groups -OCH3 is 1. The molecule has 7 heteroatoms. The van der Waals surface area contributed by atoms with Gasteiger partial charge in [0.25, 0.3) is 10.0 Å². The molecule has 6 nitrogen and oxygen atoms in total. The normalized spacial score (nSPS) is 14.2. The number of carbonyl (C=O) groups excluding carboxylic acids is 1. The molecule has 0 bridgehead atoms. The number of amides is 1. The maximum atomic E-state index is 13.4. The first-order valence-corrected chi connectivity index (χ1v) is 9.80. The number of hydrogen-bond acceptors (Lipinski definition) is 4. The maximum absolute atomic E-state index is 13.4. The first-order valence-electron chi connectivity index (χ1n) is 8.36. The van der Waals surface area contributed by atoms with Crippen molar-refractivity contribution >= 4 is 27.3 Å². The highest BCUT2D eigenvalue weighted by atomic mass is 32.2. The number of nitrogens with zero attached hydrogens (tertiary/aromatic N) is 1. The summed E-state index contributed by atoms with van der Waals surface area (Å²) in [6.45, 7) is 5.44. The average Bonchev–Trinajstić information content (AvgIpc) is 2.60. The van der Waals surface area contributed by atoms with Crippen LogP contribution in [0.25, 0.3) is 0 Å². The van der Waals surface area contributed by atoms with Crippen molar-refractivity contribution < 1.29 is 17.9 Å². The number of fused-ring (bicyclic) bond motifs is 1. The van der Waals surface area contributed by atoms with Crippen LogP contribution in [0.3, 0.4) is 0 Å². The Kier molecular flexibility index (Phi) is 4.66. The zero-order valence-electron chi connectivity index (χ0n) is 15.2. The molecule has 0 fully saturated rings. The van der Waals surface area contributed by atoms with Gasteiger partial charge in [0.2, 0.25) is 5.91 Å². The smallest absolute Gasteiger partial charge is 0.265 e. The number of benzene rings is 2. The van der Waals surface area contributed by atoms with Gasteiger partial charge in [-0.25, -0.2) is 8.42 Å². The first-order chi connectivity index (χ1) is 12.3. The summed E-state index contributed by atoms with van der Waals surface area (Å²) >= 11 is 0. The van der Waals surface area contributed by atoms with Gasteiger partial charge < -0.3 is 10.1 Å². The molecule has 0 radical (unpaired) electrons. The van der Waals surface area contributed by atoms with Crippen molar-refractivity contribution in [1.82, 2.24) is 0 Å². The zero-order chi connectivity index (χ0) is 19.1. The standard InChI is InChI=1S/C19H22N2O4S/c1-12(2)14-10-18(13(3)9-17(14)25-4)26(23,24)21-11-19(22)20-15-7-5-6-8-16(15)21/h5-10,12H,11H2,1-4H3,(H,20,22). The molecule has 0 aliphatic carbocycles. The third-order valence-corrected chi connectivity index (χ3v) is 6.35. The fourth-order valence-corrected chi connectivity index (χ4v) is 4.80. The van der Waals surface area contributed by atoms with Crippen LogP contribution >= 0.6 is 0 Å². The number of aryl methyl sites for hydroxylation is 1. The van der Waals surface area contributed by atoms with Gasteiger partial charge in [0.05, 0.1) is 23.4 Å². The number of ether oxygens (including phenoxy) is 1. The Balaban J connectivity index is 2.18. The molecule has 0 atom stereocenters. The van der Waals surface area contributed by atoms with E-state index in [9.17, 15) is 13.2 Å². The van der Waals surface area contributed by atoms with Gasteiger partial charge in [0.1, 0.15) is 12.3 Å². The lowest BCUT2D eigenvalue weighted by molar-refractivity contribution is -0.115. The van der Waals surface area contributed by atoms with E-state index in [4.69, 9.17) is 4.74 Å². The van der Waals surface area contributed by atoms with E-state index in [1.165, 1.54) is 4.31 Å². The summed E-state index contributed by atoms with van der Waals surface area (Å²) in [6, 6.07) is 10.3. The lowest BCUT2D eigenvalue weighted by Crippen LogP contribution is -2.42. The summed E-state index contributed by atoms with van der Waals surface area (Å²) < 4.78 is 33.4. The number of carbonyl (C=O) groups is 1. The minimum absolute atomic E-state index is 0.0939. The number of anilines is 2. The molecule has 1 aliphatic rings. The molecule has 0 saturated heterocycles. The average molecular weight is 374 g/mol. The van der Waals surface area contributed by atoms with E-state index < -0.39 is 10.0 Å². The fourth-order valence-electron chi connectivity index (χ4n) is 3.12. The first kappa shape index (κ1) is 18.3. The van der Waals surface area contributed by atoms with Crippen LogP contribution in [0.5, 0.6) is 5.75 Å². The van der Waals surface area contributed by atoms with E-state index in [0.717, 1.165) is 5.56 Å². The van der Waals surface area contributed by atoms with Crippen LogP contribution < -0.4 is 14.4 Å². The summed E-state index contributed by atoms with van der Waals surface area (Å²) in [5.74, 6) is 0.396. The summed E-state index contributed by atoms with van der Waals surface area (Å²) in [4.78, 5) is 12.2. The van der Waals surface area contributed by atoms with Crippen molar-refractivity contribution in [2.45, 2.75) is 31.6 Å². The molecule has 26 heavy (non-hydrogen) atoms. The number of sulfonamides is 1.